The SMILES string of the molecule is C=CCO[C@]12C[C@H]3C(=C)CC[C@H]4C(=C)C(=O)O[C@@H]4[C@H]3[C@@]1(OC(=O)C=C)CC[C@]21C(=O)C[C@H]2C(=C)CC[C@H]3C(=C)C(=O)O[C@@H]3C21. The second kappa shape index (κ2) is 9.74. The first-order valence-corrected chi connectivity index (χ1v) is 15.8. The molecule has 1 unspecified atom stereocenters. The average Bonchev–Trinajstić information content (AvgIpc) is 3.66. The van der Waals surface area contributed by atoms with Gasteiger partial charge in [0, 0.05) is 47.3 Å². The van der Waals surface area contributed by atoms with Crippen LogP contribution in [-0.4, -0.2) is 53.7 Å². The van der Waals surface area contributed by atoms with E-state index in [0.717, 1.165) is 17.2 Å². The van der Waals surface area contributed by atoms with Gasteiger partial charge in [-0.3, -0.25) is 4.79 Å². The van der Waals surface area contributed by atoms with Crippen LogP contribution < -0.4 is 0 Å². The number of hydrogen-bond acceptors (Lipinski definition) is 8. The van der Waals surface area contributed by atoms with E-state index in [4.69, 9.17) is 18.9 Å². The third-order valence-corrected chi connectivity index (χ3v) is 12.6. The van der Waals surface area contributed by atoms with Crippen LogP contribution in [-0.2, 0) is 38.1 Å². The monoisotopic (exact) mass is 600 g/mol. The zero-order chi connectivity index (χ0) is 31.3. The van der Waals surface area contributed by atoms with Gasteiger partial charge in [0.15, 0.2) is 0 Å². The first kappa shape index (κ1) is 29.2. The summed E-state index contributed by atoms with van der Waals surface area (Å²) in [5.74, 6) is -3.59. The average molecular weight is 601 g/mol. The second-order valence-corrected chi connectivity index (χ2v) is 13.9. The summed E-state index contributed by atoms with van der Waals surface area (Å²) < 4.78 is 25.8. The zero-order valence-electron chi connectivity index (χ0n) is 25.1. The van der Waals surface area contributed by atoms with Gasteiger partial charge in [-0.1, -0.05) is 50.1 Å². The number of carbonyl (C=O) groups is 4. The number of allylic oxidation sites excluding steroid dienone is 2. The molecule has 7 aliphatic rings. The van der Waals surface area contributed by atoms with E-state index in [2.05, 4.69) is 39.5 Å². The van der Waals surface area contributed by atoms with Gasteiger partial charge in [0.05, 0.1) is 12.0 Å². The number of ketones is 1. The van der Waals surface area contributed by atoms with E-state index < -0.39 is 58.6 Å². The number of Topliss-reactive ketones (excluding diaryl/α,β-unsaturated/α-hetero) is 1. The minimum Gasteiger partial charge on any atom is -0.458 e. The van der Waals surface area contributed by atoms with Crippen LogP contribution in [0.1, 0.15) is 51.4 Å². The molecule has 0 aromatic rings. The molecule has 5 saturated carbocycles. The largest absolute Gasteiger partial charge is 0.458 e. The van der Waals surface area contributed by atoms with Gasteiger partial charge in [0.25, 0.3) is 0 Å². The number of carbonyl (C=O) groups excluding carboxylic acids is 4. The third-order valence-electron chi connectivity index (χ3n) is 12.6. The predicted molar refractivity (Wildman–Crippen MR) is 160 cm³/mol. The maximum atomic E-state index is 14.9. The van der Waals surface area contributed by atoms with Gasteiger partial charge in [-0.2, -0.15) is 0 Å². The Balaban J connectivity index is 1.49. The first-order chi connectivity index (χ1) is 21.0. The molecule has 7 rings (SSSR count). The molecule has 44 heavy (non-hydrogen) atoms. The Morgan fingerprint density at radius 2 is 1.43 bits per heavy atom. The van der Waals surface area contributed by atoms with Gasteiger partial charge in [-0.05, 0) is 56.8 Å². The number of hydrogen-bond donors (Lipinski definition) is 0. The number of rotatable bonds is 5. The van der Waals surface area contributed by atoms with Crippen LogP contribution in [0.5, 0.6) is 0 Å². The summed E-state index contributed by atoms with van der Waals surface area (Å²) in [5, 5.41) is 0. The number of esters is 3. The highest BCUT2D eigenvalue weighted by Crippen LogP contribution is 2.76. The number of ether oxygens (including phenoxy) is 4. The molecule has 0 amide bonds. The molecule has 0 N–H and O–H groups in total. The molecule has 2 heterocycles. The van der Waals surface area contributed by atoms with E-state index in [1.165, 1.54) is 0 Å². The topological polar surface area (TPSA) is 105 Å². The van der Waals surface area contributed by atoms with E-state index in [1.807, 2.05) is 0 Å². The fourth-order valence-electron chi connectivity index (χ4n) is 10.9. The molecule has 2 saturated heterocycles. The maximum Gasteiger partial charge on any atom is 0.334 e. The van der Waals surface area contributed by atoms with Crippen molar-refractivity contribution >= 4 is 23.7 Å². The molecule has 0 aromatic heterocycles. The Morgan fingerprint density at radius 1 is 0.841 bits per heavy atom. The molecule has 232 valence electrons. The van der Waals surface area contributed by atoms with Crippen molar-refractivity contribution in [3.8, 4) is 0 Å². The molecule has 2 aliphatic heterocycles. The van der Waals surface area contributed by atoms with E-state index in [1.54, 1.807) is 6.08 Å². The highest BCUT2D eigenvalue weighted by atomic mass is 16.6. The number of fused-ring (bicyclic) bond motifs is 10. The van der Waals surface area contributed by atoms with Crippen molar-refractivity contribution in [3.63, 3.8) is 0 Å². The molecule has 0 radical (unpaired) electrons. The molecular formula is C36H40O8. The molecule has 7 fully saturated rings. The fourth-order valence-corrected chi connectivity index (χ4v) is 10.9. The fraction of sp³-hybridized carbons (Fsp3) is 0.556. The van der Waals surface area contributed by atoms with Crippen LogP contribution in [0.2, 0.25) is 0 Å². The van der Waals surface area contributed by atoms with Crippen LogP contribution in [0, 0.1) is 40.9 Å². The minimum absolute atomic E-state index is 0.00472. The van der Waals surface area contributed by atoms with Crippen LogP contribution in [0.25, 0.3) is 0 Å². The summed E-state index contributed by atoms with van der Waals surface area (Å²) in [5.41, 5.74) is -1.20. The van der Waals surface area contributed by atoms with Crippen LogP contribution in [0.3, 0.4) is 0 Å². The van der Waals surface area contributed by atoms with Crippen molar-refractivity contribution in [1.29, 1.82) is 0 Å². The second-order valence-electron chi connectivity index (χ2n) is 13.9. The van der Waals surface area contributed by atoms with E-state index in [9.17, 15) is 19.2 Å². The normalized spacial score (nSPS) is 45.5. The van der Waals surface area contributed by atoms with Crippen molar-refractivity contribution in [1.82, 2.24) is 0 Å². The van der Waals surface area contributed by atoms with Gasteiger partial charge in [0.1, 0.15) is 29.2 Å². The van der Waals surface area contributed by atoms with Gasteiger partial charge in [-0.25, -0.2) is 14.4 Å². The zero-order valence-corrected chi connectivity index (χ0v) is 25.1. The first-order valence-electron chi connectivity index (χ1n) is 15.8. The lowest BCUT2D eigenvalue weighted by Gasteiger charge is -2.52. The van der Waals surface area contributed by atoms with Crippen LogP contribution in [0.15, 0.2) is 73.9 Å². The Kier molecular flexibility index (Phi) is 6.46. The Bertz CT molecular complexity index is 1470. The van der Waals surface area contributed by atoms with E-state index in [0.29, 0.717) is 56.1 Å². The third kappa shape index (κ3) is 3.38. The summed E-state index contributed by atoms with van der Waals surface area (Å²) >= 11 is 0. The Morgan fingerprint density at radius 3 is 2.02 bits per heavy atom. The van der Waals surface area contributed by atoms with Gasteiger partial charge in [0.2, 0.25) is 0 Å². The summed E-state index contributed by atoms with van der Waals surface area (Å²) in [6.45, 7) is 24.7. The van der Waals surface area contributed by atoms with Gasteiger partial charge >= 0.3 is 17.9 Å². The van der Waals surface area contributed by atoms with Gasteiger partial charge < -0.3 is 18.9 Å². The van der Waals surface area contributed by atoms with Crippen molar-refractivity contribution in [2.24, 2.45) is 40.9 Å². The van der Waals surface area contributed by atoms with E-state index in [-0.39, 0.29) is 42.5 Å². The minimum atomic E-state index is -1.37. The quantitative estimate of drug-likeness (QED) is 0.190. The lowest BCUT2D eigenvalue weighted by Crippen LogP contribution is -2.66. The summed E-state index contributed by atoms with van der Waals surface area (Å²) in [6, 6.07) is 0. The molecule has 5 aliphatic carbocycles. The molecule has 8 nitrogen and oxygen atoms in total. The highest BCUT2D eigenvalue weighted by Gasteiger charge is 2.86. The lowest BCUT2D eigenvalue weighted by atomic mass is 9.59. The predicted octanol–water partition coefficient (Wildman–Crippen LogP) is 4.91. The standard InChI is InChI=1S/C36H40O8/c1-7-15-41-36-17-25-19(4)10-12-23-21(6)33(40)43-31(23)29(25)35(36,44-27(38)8-2)14-13-34(36)26(37)16-24-18(3)9-11-22-20(5)32(39)42-30(22)28(24)34/h7-8,22-25,28-31H,1-6,9-17H2/t22-,23-,24-,25-,28?,29-,30-,31-,34+,35-,36-/m0/s1. The highest BCUT2D eigenvalue weighted by molar-refractivity contribution is 5.94. The van der Waals surface area contributed by atoms with Crippen molar-refractivity contribution in [2.45, 2.75) is 74.8 Å². The summed E-state index contributed by atoms with van der Waals surface area (Å²) in [4.78, 5) is 54.2. The van der Waals surface area contributed by atoms with E-state index >= 15 is 0 Å². The summed E-state index contributed by atoms with van der Waals surface area (Å²) in [6.07, 6.45) is 5.32. The lowest BCUT2D eigenvalue weighted by molar-refractivity contribution is -0.235. The Labute approximate surface area is 257 Å². The van der Waals surface area contributed by atoms with Gasteiger partial charge in [-0.15, -0.1) is 6.58 Å². The molecule has 11 atom stereocenters. The molecule has 8 heteroatoms. The van der Waals surface area contributed by atoms with Crippen LogP contribution in [0.4, 0.5) is 0 Å². The van der Waals surface area contributed by atoms with Crippen molar-refractivity contribution in [3.05, 3.63) is 73.9 Å². The van der Waals surface area contributed by atoms with Crippen molar-refractivity contribution in [2.75, 3.05) is 6.61 Å². The molecular weight excluding hydrogens is 560 g/mol. The molecule has 0 aromatic carbocycles. The van der Waals surface area contributed by atoms with Crippen LogP contribution >= 0.6 is 0 Å². The maximum absolute atomic E-state index is 14.9. The summed E-state index contributed by atoms with van der Waals surface area (Å²) in [7, 11) is 0. The molecule has 0 bridgehead atoms. The smallest absolute Gasteiger partial charge is 0.334 e. The Hall–Kier alpha value is -3.52. The van der Waals surface area contributed by atoms with Crippen molar-refractivity contribution < 1.29 is 38.1 Å². The molecule has 1 spiro atoms.